The molecule has 2 N–H and O–H groups in total. The summed E-state index contributed by atoms with van der Waals surface area (Å²) in [6.07, 6.45) is 0. The molecule has 0 atom stereocenters. The Hall–Kier alpha value is -3.02. The van der Waals surface area contributed by atoms with Crippen LogP contribution in [0.2, 0.25) is 0 Å². The Labute approximate surface area is 127 Å². The first kappa shape index (κ1) is 15.4. The molecule has 0 spiro atoms. The molecule has 22 heavy (non-hydrogen) atoms. The van der Waals surface area contributed by atoms with Gasteiger partial charge in [0, 0.05) is 25.2 Å². The van der Waals surface area contributed by atoms with Gasteiger partial charge >= 0.3 is 0 Å². The van der Waals surface area contributed by atoms with Gasteiger partial charge in [-0.25, -0.2) is 0 Å². The van der Waals surface area contributed by atoms with Gasteiger partial charge in [0.15, 0.2) is 0 Å². The van der Waals surface area contributed by atoms with Crippen LogP contribution >= 0.6 is 0 Å². The number of aromatic hydroxyl groups is 2. The lowest BCUT2D eigenvalue weighted by Gasteiger charge is -2.28. The van der Waals surface area contributed by atoms with Crippen molar-refractivity contribution < 1.29 is 19.8 Å². The van der Waals surface area contributed by atoms with Gasteiger partial charge in [-0.05, 0) is 48.5 Å². The van der Waals surface area contributed by atoms with Crippen LogP contribution in [0.4, 0.5) is 0 Å². The summed E-state index contributed by atoms with van der Waals surface area (Å²) >= 11 is 0. The van der Waals surface area contributed by atoms with E-state index in [9.17, 15) is 19.8 Å². The van der Waals surface area contributed by atoms with Crippen molar-refractivity contribution in [3.63, 3.8) is 0 Å². The summed E-state index contributed by atoms with van der Waals surface area (Å²) in [6.45, 7) is 0. The number of hydrogen-bond acceptors (Lipinski definition) is 4. The van der Waals surface area contributed by atoms with Crippen LogP contribution in [0.5, 0.6) is 11.5 Å². The van der Waals surface area contributed by atoms with Crippen LogP contribution in [0, 0.1) is 0 Å². The van der Waals surface area contributed by atoms with Gasteiger partial charge in [-0.3, -0.25) is 19.6 Å². The number of phenolic OH excluding ortho intramolecular Hbond substituents is 2. The number of phenols is 2. The monoisotopic (exact) mass is 300 g/mol. The van der Waals surface area contributed by atoms with Crippen molar-refractivity contribution in [3.05, 3.63) is 59.7 Å². The number of hydrogen-bond donors (Lipinski definition) is 2. The maximum atomic E-state index is 12.3. The van der Waals surface area contributed by atoms with Crippen molar-refractivity contribution in [1.82, 2.24) is 10.0 Å². The number of carbonyl (C=O) groups excluding carboxylic acids is 2. The van der Waals surface area contributed by atoms with E-state index in [4.69, 9.17) is 0 Å². The maximum absolute atomic E-state index is 12.3. The molecule has 0 radical (unpaired) electrons. The number of rotatable bonds is 2. The Morgan fingerprint density at radius 2 is 0.955 bits per heavy atom. The van der Waals surface area contributed by atoms with E-state index in [0.29, 0.717) is 11.1 Å². The lowest BCUT2D eigenvalue weighted by molar-refractivity contribution is 0.0186. The summed E-state index contributed by atoms with van der Waals surface area (Å²) in [7, 11) is 2.96. The van der Waals surface area contributed by atoms with Gasteiger partial charge in [0.25, 0.3) is 11.8 Å². The Morgan fingerprint density at radius 1 is 0.682 bits per heavy atom. The normalized spacial score (nSPS) is 10.1. The zero-order chi connectivity index (χ0) is 16.3. The number of hydrazine groups is 1. The van der Waals surface area contributed by atoms with E-state index in [2.05, 4.69) is 0 Å². The molecule has 2 aromatic carbocycles. The van der Waals surface area contributed by atoms with Crippen LogP contribution < -0.4 is 0 Å². The van der Waals surface area contributed by atoms with Gasteiger partial charge in [0.2, 0.25) is 0 Å². The highest BCUT2D eigenvalue weighted by Gasteiger charge is 2.21. The summed E-state index contributed by atoms with van der Waals surface area (Å²) in [5.74, 6) is -0.635. The van der Waals surface area contributed by atoms with Crippen LogP contribution in [0.25, 0.3) is 0 Å². The number of carbonyl (C=O) groups is 2. The Kier molecular flexibility index (Phi) is 4.31. The van der Waals surface area contributed by atoms with Gasteiger partial charge in [-0.15, -0.1) is 0 Å². The Balaban J connectivity index is 2.15. The molecule has 6 heteroatoms. The quantitative estimate of drug-likeness (QED) is 0.829. The van der Waals surface area contributed by atoms with Crippen molar-refractivity contribution in [2.75, 3.05) is 14.1 Å². The lowest BCUT2D eigenvalue weighted by Crippen LogP contribution is -2.44. The zero-order valence-electron chi connectivity index (χ0n) is 12.2. The van der Waals surface area contributed by atoms with E-state index >= 15 is 0 Å². The van der Waals surface area contributed by atoms with Gasteiger partial charge < -0.3 is 10.2 Å². The molecule has 0 fully saturated rings. The smallest absolute Gasteiger partial charge is 0.272 e. The summed E-state index contributed by atoms with van der Waals surface area (Å²) in [5, 5.41) is 20.8. The zero-order valence-corrected chi connectivity index (χ0v) is 12.2. The van der Waals surface area contributed by atoms with E-state index in [1.54, 1.807) is 0 Å². The summed E-state index contributed by atoms with van der Waals surface area (Å²) in [5.41, 5.74) is 0.705. The van der Waals surface area contributed by atoms with Crippen molar-refractivity contribution in [2.45, 2.75) is 0 Å². The van der Waals surface area contributed by atoms with Gasteiger partial charge in [-0.1, -0.05) is 0 Å². The molecule has 0 aliphatic carbocycles. The second kappa shape index (κ2) is 6.17. The number of amides is 2. The van der Waals surface area contributed by atoms with E-state index in [-0.39, 0.29) is 23.3 Å². The van der Waals surface area contributed by atoms with E-state index in [1.165, 1.54) is 72.6 Å². The molecule has 0 saturated carbocycles. The second-order valence-electron chi connectivity index (χ2n) is 4.75. The molecule has 0 aromatic heterocycles. The summed E-state index contributed by atoms with van der Waals surface area (Å²) in [6, 6.07) is 11.5. The highest BCUT2D eigenvalue weighted by atomic mass is 16.3. The first-order chi connectivity index (χ1) is 10.4. The third-order valence-electron chi connectivity index (χ3n) is 3.27. The van der Waals surface area contributed by atoms with Crippen LogP contribution in [-0.2, 0) is 0 Å². The van der Waals surface area contributed by atoms with Gasteiger partial charge in [-0.2, -0.15) is 0 Å². The predicted molar refractivity (Wildman–Crippen MR) is 80.4 cm³/mol. The Bertz CT molecular complexity index is 619. The fraction of sp³-hybridized carbons (Fsp3) is 0.125. The number of benzene rings is 2. The molecule has 0 aliphatic heterocycles. The van der Waals surface area contributed by atoms with Gasteiger partial charge in [0.1, 0.15) is 11.5 Å². The van der Waals surface area contributed by atoms with Crippen LogP contribution in [0.3, 0.4) is 0 Å². The molecule has 0 heterocycles. The average Bonchev–Trinajstić information content (AvgIpc) is 2.53. The van der Waals surface area contributed by atoms with E-state index in [1.807, 2.05) is 0 Å². The topological polar surface area (TPSA) is 81.1 Å². The van der Waals surface area contributed by atoms with E-state index < -0.39 is 0 Å². The van der Waals surface area contributed by atoms with Gasteiger partial charge in [0.05, 0.1) is 0 Å². The molecule has 114 valence electrons. The SMILES string of the molecule is CN(C(=O)c1ccc(O)cc1)N(C)C(=O)c1ccc(O)cc1. The fourth-order valence-corrected chi connectivity index (χ4v) is 1.85. The number of nitrogens with zero attached hydrogens (tertiary/aromatic N) is 2. The third kappa shape index (κ3) is 3.17. The van der Waals surface area contributed by atoms with Crippen LogP contribution in [-0.4, -0.2) is 46.1 Å². The van der Waals surface area contributed by atoms with Crippen molar-refractivity contribution in [2.24, 2.45) is 0 Å². The van der Waals surface area contributed by atoms with Crippen LogP contribution in [0.1, 0.15) is 20.7 Å². The summed E-state index contributed by atoms with van der Waals surface area (Å²) < 4.78 is 0. The van der Waals surface area contributed by atoms with Crippen molar-refractivity contribution in [1.29, 1.82) is 0 Å². The minimum absolute atomic E-state index is 0.0627. The minimum Gasteiger partial charge on any atom is -0.508 e. The molecule has 0 aliphatic rings. The molecule has 0 unspecified atom stereocenters. The molecule has 2 rings (SSSR count). The second-order valence-corrected chi connectivity index (χ2v) is 4.75. The molecule has 6 nitrogen and oxygen atoms in total. The lowest BCUT2D eigenvalue weighted by atomic mass is 10.2. The largest absolute Gasteiger partial charge is 0.508 e. The third-order valence-corrected chi connectivity index (χ3v) is 3.27. The molecule has 0 bridgehead atoms. The Morgan fingerprint density at radius 3 is 1.23 bits per heavy atom. The first-order valence-corrected chi connectivity index (χ1v) is 6.54. The molecule has 2 amide bonds. The average molecular weight is 300 g/mol. The van der Waals surface area contributed by atoms with Crippen molar-refractivity contribution in [3.8, 4) is 11.5 Å². The standard InChI is InChI=1S/C16H16N2O4/c1-17(15(21)11-3-7-13(19)8-4-11)18(2)16(22)12-5-9-14(20)10-6-12/h3-10,19-20H,1-2H3. The highest BCUT2D eigenvalue weighted by Crippen LogP contribution is 2.14. The maximum Gasteiger partial charge on any atom is 0.272 e. The van der Waals surface area contributed by atoms with E-state index in [0.717, 1.165) is 0 Å². The molecular weight excluding hydrogens is 284 g/mol. The summed E-state index contributed by atoms with van der Waals surface area (Å²) in [4.78, 5) is 24.6. The van der Waals surface area contributed by atoms with Crippen molar-refractivity contribution >= 4 is 11.8 Å². The minimum atomic E-state index is -0.380. The predicted octanol–water partition coefficient (Wildman–Crippen LogP) is 1.86. The van der Waals surface area contributed by atoms with Crippen LogP contribution in [0.15, 0.2) is 48.5 Å². The molecule has 2 aromatic rings. The molecular formula is C16H16N2O4. The molecule has 0 saturated heterocycles. The highest BCUT2D eigenvalue weighted by molar-refractivity contribution is 5.99. The first-order valence-electron chi connectivity index (χ1n) is 6.54. The fourth-order valence-electron chi connectivity index (χ4n) is 1.85.